The number of nitrogens with one attached hydrogen (secondary N) is 2. The maximum absolute atomic E-state index is 13.1. The summed E-state index contributed by atoms with van der Waals surface area (Å²) < 4.78 is 5.27. The zero-order chi connectivity index (χ0) is 22.0. The second-order valence-electron chi connectivity index (χ2n) is 8.07. The van der Waals surface area contributed by atoms with Gasteiger partial charge in [0.05, 0.1) is 11.1 Å². The van der Waals surface area contributed by atoms with Gasteiger partial charge in [0.1, 0.15) is 6.04 Å². The molecule has 3 heterocycles. The molecule has 164 valence electrons. The van der Waals surface area contributed by atoms with E-state index in [1.54, 1.807) is 18.2 Å². The highest BCUT2D eigenvalue weighted by molar-refractivity contribution is 6.24. The molecule has 1 aromatic carbocycles. The van der Waals surface area contributed by atoms with Gasteiger partial charge < -0.3 is 10.1 Å². The van der Waals surface area contributed by atoms with E-state index in [9.17, 15) is 24.0 Å². The van der Waals surface area contributed by atoms with Crippen LogP contribution >= 0.6 is 0 Å². The molecule has 3 aliphatic heterocycles. The summed E-state index contributed by atoms with van der Waals surface area (Å²) in [5.41, 5.74) is 1.30. The second kappa shape index (κ2) is 8.97. The molecular weight excluding hydrogens is 402 g/mol. The van der Waals surface area contributed by atoms with Crippen molar-refractivity contribution in [3.05, 3.63) is 34.9 Å². The standard InChI is InChI=1S/C22H25N3O6/c26-17-7-6-16(20(28)24-17)25-21(29)15-5-1-3-13(18(15)22(25)30)4-2-10-23-19(27)14-8-11-31-12-9-14/h1,3,5,14,16H,2,4,6-12H2,(H,23,27)(H,24,26,28). The average Bonchev–Trinajstić information content (AvgIpc) is 3.03. The molecule has 1 atom stereocenters. The first-order chi connectivity index (χ1) is 15.0. The lowest BCUT2D eigenvalue weighted by atomic mass is 9.98. The van der Waals surface area contributed by atoms with Crippen LogP contribution in [0.15, 0.2) is 18.2 Å². The Morgan fingerprint density at radius 1 is 1.10 bits per heavy atom. The van der Waals surface area contributed by atoms with Crippen molar-refractivity contribution in [3.8, 4) is 0 Å². The summed E-state index contributed by atoms with van der Waals surface area (Å²) in [7, 11) is 0. The molecule has 0 bridgehead atoms. The summed E-state index contributed by atoms with van der Waals surface area (Å²) in [5.74, 6) is -2.03. The van der Waals surface area contributed by atoms with Crippen molar-refractivity contribution in [1.29, 1.82) is 0 Å². The fraction of sp³-hybridized carbons (Fsp3) is 0.500. The number of rotatable bonds is 6. The minimum atomic E-state index is -0.975. The topological polar surface area (TPSA) is 122 Å². The van der Waals surface area contributed by atoms with E-state index in [0.29, 0.717) is 43.7 Å². The van der Waals surface area contributed by atoms with Crippen LogP contribution in [-0.2, 0) is 25.5 Å². The van der Waals surface area contributed by atoms with Crippen LogP contribution in [0.3, 0.4) is 0 Å². The van der Waals surface area contributed by atoms with Gasteiger partial charge in [-0.1, -0.05) is 12.1 Å². The van der Waals surface area contributed by atoms with E-state index in [1.807, 2.05) is 0 Å². The largest absolute Gasteiger partial charge is 0.381 e. The van der Waals surface area contributed by atoms with E-state index < -0.39 is 29.7 Å². The van der Waals surface area contributed by atoms with Crippen LogP contribution in [0, 0.1) is 5.92 Å². The highest BCUT2D eigenvalue weighted by Crippen LogP contribution is 2.30. The lowest BCUT2D eigenvalue weighted by Gasteiger charge is -2.27. The Bertz CT molecular complexity index is 937. The maximum Gasteiger partial charge on any atom is 0.262 e. The highest BCUT2D eigenvalue weighted by atomic mass is 16.5. The van der Waals surface area contributed by atoms with Gasteiger partial charge in [0.25, 0.3) is 11.8 Å². The van der Waals surface area contributed by atoms with Crippen molar-refractivity contribution in [2.45, 2.75) is 44.6 Å². The van der Waals surface area contributed by atoms with E-state index in [0.717, 1.165) is 17.7 Å². The Hall–Kier alpha value is -3.07. The van der Waals surface area contributed by atoms with Gasteiger partial charge >= 0.3 is 0 Å². The SMILES string of the molecule is O=C1CCC(N2C(=O)c3cccc(CCCNC(=O)C4CCOCC4)c3C2=O)C(=O)N1. The third kappa shape index (κ3) is 4.23. The van der Waals surface area contributed by atoms with Crippen molar-refractivity contribution < 1.29 is 28.7 Å². The Kier molecular flexibility index (Phi) is 6.13. The van der Waals surface area contributed by atoms with Gasteiger partial charge in [0.2, 0.25) is 17.7 Å². The van der Waals surface area contributed by atoms with E-state index >= 15 is 0 Å². The number of fused-ring (bicyclic) bond motifs is 1. The van der Waals surface area contributed by atoms with Crippen LogP contribution in [0.25, 0.3) is 0 Å². The Morgan fingerprint density at radius 2 is 1.87 bits per heavy atom. The van der Waals surface area contributed by atoms with Crippen LogP contribution in [0.2, 0.25) is 0 Å². The van der Waals surface area contributed by atoms with Gasteiger partial charge in [0, 0.05) is 32.1 Å². The highest BCUT2D eigenvalue weighted by Gasteiger charge is 2.45. The zero-order valence-corrected chi connectivity index (χ0v) is 17.1. The van der Waals surface area contributed by atoms with Crippen molar-refractivity contribution in [2.24, 2.45) is 5.92 Å². The number of carbonyl (C=O) groups excluding carboxylic acids is 5. The van der Waals surface area contributed by atoms with Crippen LogP contribution in [0.4, 0.5) is 0 Å². The van der Waals surface area contributed by atoms with Gasteiger partial charge in [-0.25, -0.2) is 0 Å². The van der Waals surface area contributed by atoms with E-state index in [1.165, 1.54) is 0 Å². The third-order valence-electron chi connectivity index (χ3n) is 6.07. The predicted octanol–water partition coefficient (Wildman–Crippen LogP) is 0.563. The quantitative estimate of drug-likeness (QED) is 0.505. The van der Waals surface area contributed by atoms with Crippen molar-refractivity contribution >= 4 is 29.5 Å². The minimum absolute atomic E-state index is 0.0176. The van der Waals surface area contributed by atoms with Crippen molar-refractivity contribution in [1.82, 2.24) is 15.5 Å². The monoisotopic (exact) mass is 427 g/mol. The second-order valence-corrected chi connectivity index (χ2v) is 8.07. The minimum Gasteiger partial charge on any atom is -0.381 e. The van der Waals surface area contributed by atoms with Gasteiger partial charge in [-0.05, 0) is 43.7 Å². The number of hydrogen-bond acceptors (Lipinski definition) is 6. The van der Waals surface area contributed by atoms with E-state index in [4.69, 9.17) is 4.74 Å². The molecule has 3 aliphatic rings. The molecule has 0 aliphatic carbocycles. The van der Waals surface area contributed by atoms with Crippen LogP contribution in [0.1, 0.15) is 58.4 Å². The summed E-state index contributed by atoms with van der Waals surface area (Å²) in [6.07, 6.45) is 2.80. The van der Waals surface area contributed by atoms with Crippen molar-refractivity contribution in [3.63, 3.8) is 0 Å². The molecule has 31 heavy (non-hydrogen) atoms. The van der Waals surface area contributed by atoms with Gasteiger partial charge in [-0.3, -0.25) is 34.2 Å². The number of hydrogen-bond donors (Lipinski definition) is 2. The Balaban J connectivity index is 1.39. The molecule has 9 heteroatoms. The smallest absolute Gasteiger partial charge is 0.262 e. The van der Waals surface area contributed by atoms with Crippen LogP contribution < -0.4 is 10.6 Å². The number of carbonyl (C=O) groups is 5. The fourth-order valence-corrected chi connectivity index (χ4v) is 4.39. The first-order valence-corrected chi connectivity index (χ1v) is 10.7. The number of amides is 5. The average molecular weight is 427 g/mol. The van der Waals surface area contributed by atoms with Gasteiger partial charge in [-0.15, -0.1) is 0 Å². The first kappa shape index (κ1) is 21.2. The number of benzene rings is 1. The first-order valence-electron chi connectivity index (χ1n) is 10.7. The fourth-order valence-electron chi connectivity index (χ4n) is 4.39. The molecule has 0 saturated carbocycles. The molecule has 2 fully saturated rings. The van der Waals surface area contributed by atoms with Gasteiger partial charge in [-0.2, -0.15) is 0 Å². The summed E-state index contributed by atoms with van der Waals surface area (Å²) in [4.78, 5) is 62.7. The molecule has 4 rings (SSSR count). The Morgan fingerprint density at radius 3 is 2.61 bits per heavy atom. The summed E-state index contributed by atoms with van der Waals surface area (Å²) in [6, 6.07) is 4.11. The lowest BCUT2D eigenvalue weighted by Crippen LogP contribution is -2.54. The number of ether oxygens (including phenoxy) is 1. The molecule has 0 aromatic heterocycles. The molecule has 0 radical (unpaired) electrons. The molecule has 1 aromatic rings. The zero-order valence-electron chi connectivity index (χ0n) is 17.1. The predicted molar refractivity (Wildman–Crippen MR) is 108 cm³/mol. The van der Waals surface area contributed by atoms with Crippen molar-refractivity contribution in [2.75, 3.05) is 19.8 Å². The molecule has 2 N–H and O–H groups in total. The molecular formula is C22H25N3O6. The number of piperidine rings is 1. The maximum atomic E-state index is 13.1. The molecule has 0 spiro atoms. The summed E-state index contributed by atoms with van der Waals surface area (Å²) in [5, 5.41) is 5.14. The lowest BCUT2D eigenvalue weighted by molar-refractivity contribution is -0.136. The molecule has 1 unspecified atom stereocenters. The summed E-state index contributed by atoms with van der Waals surface area (Å²) >= 11 is 0. The summed E-state index contributed by atoms with van der Waals surface area (Å²) in [6.45, 7) is 1.68. The molecule has 9 nitrogen and oxygen atoms in total. The van der Waals surface area contributed by atoms with Crippen LogP contribution in [0.5, 0.6) is 0 Å². The molecule has 5 amide bonds. The number of imide groups is 2. The third-order valence-corrected chi connectivity index (χ3v) is 6.07. The molecule has 2 saturated heterocycles. The van der Waals surface area contributed by atoms with E-state index in [2.05, 4.69) is 10.6 Å². The normalized spacial score (nSPS) is 21.8. The number of aryl methyl sites for hydroxylation is 1. The van der Waals surface area contributed by atoms with Crippen LogP contribution in [-0.4, -0.2) is 60.2 Å². The Labute approximate surface area is 179 Å². The van der Waals surface area contributed by atoms with Gasteiger partial charge in [0.15, 0.2) is 0 Å². The number of nitrogens with zero attached hydrogens (tertiary/aromatic N) is 1. The van der Waals surface area contributed by atoms with E-state index in [-0.39, 0.29) is 30.2 Å².